The predicted octanol–water partition coefficient (Wildman–Crippen LogP) is 2.90. The minimum absolute atomic E-state index is 0.764. The van der Waals surface area contributed by atoms with Crippen molar-refractivity contribution in [3.05, 3.63) is 21.3 Å². The topological polar surface area (TPSA) is 12.9 Å². The van der Waals surface area contributed by atoms with Gasteiger partial charge < -0.3 is 0 Å². The van der Waals surface area contributed by atoms with E-state index in [2.05, 4.69) is 49.5 Å². The van der Waals surface area contributed by atoms with E-state index < -0.39 is 0 Å². The molecule has 0 aromatic carbocycles. The van der Waals surface area contributed by atoms with Gasteiger partial charge in [0, 0.05) is 10.7 Å². The summed E-state index contributed by atoms with van der Waals surface area (Å²) >= 11 is 10.7. The number of hydrogen-bond donors (Lipinski definition) is 1. The van der Waals surface area contributed by atoms with Crippen LogP contribution >= 0.6 is 44.5 Å². The monoisotopic (exact) mass is 267 g/mol. The third kappa shape index (κ3) is 1.69. The van der Waals surface area contributed by atoms with E-state index in [-0.39, 0.29) is 0 Å². The van der Waals surface area contributed by atoms with E-state index >= 15 is 0 Å². The van der Waals surface area contributed by atoms with Crippen LogP contribution < -0.4 is 0 Å². The van der Waals surface area contributed by atoms with Gasteiger partial charge in [-0.3, -0.25) is 0 Å². The second-order valence-electron chi connectivity index (χ2n) is 1.43. The van der Waals surface area contributed by atoms with Gasteiger partial charge in [0.05, 0.1) is 4.90 Å². The van der Waals surface area contributed by atoms with Gasteiger partial charge in [-0.05, 0) is 37.9 Å². The first kappa shape index (κ1) is 7.57. The summed E-state index contributed by atoms with van der Waals surface area (Å²) in [6.45, 7) is 0. The highest BCUT2D eigenvalue weighted by atomic mass is 79.9. The summed E-state index contributed by atoms with van der Waals surface area (Å²) in [5, 5.41) is 0. The molecule has 1 aromatic rings. The normalized spacial score (nSPS) is 9.67. The van der Waals surface area contributed by atoms with Crippen molar-refractivity contribution in [2.75, 3.05) is 0 Å². The highest BCUT2D eigenvalue weighted by molar-refractivity contribution is 9.11. The lowest BCUT2D eigenvalue weighted by atomic mass is 10.5. The number of halogens is 2. The number of hydrogen-bond acceptors (Lipinski definition) is 2. The molecular weight excluding hydrogens is 266 g/mol. The first-order valence-corrected chi connectivity index (χ1v) is 4.24. The van der Waals surface area contributed by atoms with Crippen LogP contribution in [0.4, 0.5) is 0 Å². The molecule has 0 bridgehead atoms. The zero-order chi connectivity index (χ0) is 6.85. The van der Waals surface area contributed by atoms with Crippen molar-refractivity contribution >= 4 is 44.5 Å². The summed E-state index contributed by atoms with van der Waals surface area (Å²) < 4.78 is 1.72. The van der Waals surface area contributed by atoms with Crippen molar-refractivity contribution in [1.29, 1.82) is 0 Å². The minimum atomic E-state index is 0.764. The molecule has 0 amide bonds. The smallest absolute Gasteiger partial charge is 0.120 e. The van der Waals surface area contributed by atoms with E-state index in [9.17, 15) is 0 Å². The molecule has 0 unspecified atom stereocenters. The highest BCUT2D eigenvalue weighted by Gasteiger charge is 1.97. The summed E-state index contributed by atoms with van der Waals surface area (Å²) in [5.74, 6) is 0. The van der Waals surface area contributed by atoms with Crippen LogP contribution in [0.15, 0.2) is 26.2 Å². The largest absolute Gasteiger partial charge is 0.248 e. The number of pyridine rings is 1. The maximum Gasteiger partial charge on any atom is 0.120 e. The van der Waals surface area contributed by atoms with E-state index in [4.69, 9.17) is 0 Å². The van der Waals surface area contributed by atoms with Gasteiger partial charge in [-0.15, -0.1) is 12.6 Å². The molecule has 4 heteroatoms. The Morgan fingerprint density at radius 2 is 2.11 bits per heavy atom. The van der Waals surface area contributed by atoms with Gasteiger partial charge in [-0.1, -0.05) is 0 Å². The molecule has 0 radical (unpaired) electrons. The molecule has 1 aromatic heterocycles. The fraction of sp³-hybridized carbons (Fsp3) is 0. The molecule has 0 spiro atoms. The van der Waals surface area contributed by atoms with Gasteiger partial charge in [0.1, 0.15) is 4.60 Å². The molecule has 9 heavy (non-hydrogen) atoms. The van der Waals surface area contributed by atoms with Gasteiger partial charge in [-0.25, -0.2) is 4.98 Å². The molecule has 0 aliphatic carbocycles. The quantitative estimate of drug-likeness (QED) is 0.564. The maximum atomic E-state index is 4.15. The van der Waals surface area contributed by atoms with Crippen LogP contribution in [0.5, 0.6) is 0 Å². The Morgan fingerprint density at radius 3 is 2.56 bits per heavy atom. The fourth-order valence-electron chi connectivity index (χ4n) is 0.407. The summed E-state index contributed by atoms with van der Waals surface area (Å²) in [7, 11) is 0. The summed E-state index contributed by atoms with van der Waals surface area (Å²) in [5.41, 5.74) is 0. The molecule has 0 atom stereocenters. The standard InChI is InChI=1S/C5H3Br2NS/c6-3-1-2-8-5(7)4(3)9/h1-2,9H. The first-order valence-electron chi connectivity index (χ1n) is 2.21. The van der Waals surface area contributed by atoms with Crippen LogP contribution in [0.1, 0.15) is 0 Å². The van der Waals surface area contributed by atoms with Gasteiger partial charge in [0.25, 0.3) is 0 Å². The Bertz CT molecular complexity index is 206. The summed E-state index contributed by atoms with van der Waals surface area (Å²) in [6.07, 6.45) is 1.70. The van der Waals surface area contributed by atoms with Gasteiger partial charge in [-0.2, -0.15) is 0 Å². The molecular formula is C5H3Br2NS. The molecule has 1 nitrogen and oxygen atoms in total. The fourth-order valence-corrected chi connectivity index (χ4v) is 1.44. The second kappa shape index (κ2) is 3.03. The Balaban J connectivity index is 3.25. The van der Waals surface area contributed by atoms with Gasteiger partial charge in [0.15, 0.2) is 0 Å². The number of aromatic nitrogens is 1. The van der Waals surface area contributed by atoms with Crippen molar-refractivity contribution in [3.63, 3.8) is 0 Å². The van der Waals surface area contributed by atoms with Crippen molar-refractivity contribution in [2.45, 2.75) is 4.90 Å². The Hall–Kier alpha value is 0.460. The van der Waals surface area contributed by atoms with Crippen LogP contribution in [0.3, 0.4) is 0 Å². The maximum absolute atomic E-state index is 4.15. The average Bonchev–Trinajstić information content (AvgIpc) is 1.83. The van der Waals surface area contributed by atoms with E-state index in [1.165, 1.54) is 0 Å². The Kier molecular flexibility index (Phi) is 2.55. The number of nitrogens with zero attached hydrogens (tertiary/aromatic N) is 1. The SMILES string of the molecule is Sc1c(Br)ccnc1Br. The number of rotatable bonds is 0. The van der Waals surface area contributed by atoms with Crippen LogP contribution in [-0.2, 0) is 0 Å². The van der Waals surface area contributed by atoms with Crippen molar-refractivity contribution < 1.29 is 0 Å². The van der Waals surface area contributed by atoms with Crippen molar-refractivity contribution in [2.24, 2.45) is 0 Å². The molecule has 0 N–H and O–H groups in total. The van der Waals surface area contributed by atoms with Crippen LogP contribution in [-0.4, -0.2) is 4.98 Å². The molecule has 0 fully saturated rings. The lowest BCUT2D eigenvalue weighted by Gasteiger charge is -1.95. The van der Waals surface area contributed by atoms with Crippen molar-refractivity contribution in [3.8, 4) is 0 Å². The van der Waals surface area contributed by atoms with Crippen LogP contribution in [0.2, 0.25) is 0 Å². The molecule has 0 saturated carbocycles. The predicted molar refractivity (Wildman–Crippen MR) is 46.9 cm³/mol. The third-order valence-corrected chi connectivity index (χ3v) is 3.16. The second-order valence-corrected chi connectivity index (χ2v) is 3.48. The van der Waals surface area contributed by atoms with Crippen molar-refractivity contribution in [1.82, 2.24) is 4.98 Å². The Morgan fingerprint density at radius 1 is 1.44 bits per heavy atom. The Labute approximate surface area is 75.5 Å². The van der Waals surface area contributed by atoms with Crippen LogP contribution in [0.25, 0.3) is 0 Å². The molecule has 1 rings (SSSR count). The minimum Gasteiger partial charge on any atom is -0.248 e. The zero-order valence-electron chi connectivity index (χ0n) is 4.31. The number of thiol groups is 1. The van der Waals surface area contributed by atoms with Gasteiger partial charge >= 0.3 is 0 Å². The molecule has 48 valence electrons. The molecule has 0 aliphatic heterocycles. The lowest BCUT2D eigenvalue weighted by Crippen LogP contribution is -1.76. The van der Waals surface area contributed by atoms with E-state index in [0.29, 0.717) is 0 Å². The molecule has 0 saturated heterocycles. The first-order chi connectivity index (χ1) is 4.22. The van der Waals surface area contributed by atoms with E-state index in [1.54, 1.807) is 6.20 Å². The summed E-state index contributed by atoms with van der Waals surface area (Å²) in [6, 6.07) is 1.84. The van der Waals surface area contributed by atoms with E-state index in [0.717, 1.165) is 14.0 Å². The average molecular weight is 269 g/mol. The summed E-state index contributed by atoms with van der Waals surface area (Å²) in [4.78, 5) is 4.78. The highest BCUT2D eigenvalue weighted by Crippen LogP contribution is 2.25. The molecule has 1 heterocycles. The third-order valence-electron chi connectivity index (χ3n) is 0.830. The van der Waals surface area contributed by atoms with Gasteiger partial charge in [0.2, 0.25) is 0 Å². The molecule has 0 aliphatic rings. The van der Waals surface area contributed by atoms with E-state index in [1.807, 2.05) is 6.07 Å². The zero-order valence-corrected chi connectivity index (χ0v) is 8.37. The lowest BCUT2D eigenvalue weighted by molar-refractivity contribution is 1.17. The van der Waals surface area contributed by atoms with Crippen LogP contribution in [0, 0.1) is 0 Å².